The highest BCUT2D eigenvalue weighted by Gasteiger charge is 2.17. The summed E-state index contributed by atoms with van der Waals surface area (Å²) in [6.07, 6.45) is 1.67. The van der Waals surface area contributed by atoms with Crippen molar-refractivity contribution in [3.63, 3.8) is 0 Å². The molecule has 8 heteroatoms. The Hall–Kier alpha value is -1.90. The summed E-state index contributed by atoms with van der Waals surface area (Å²) in [7, 11) is 0. The third-order valence-corrected chi connectivity index (χ3v) is 6.89. The van der Waals surface area contributed by atoms with E-state index in [1.54, 1.807) is 22.0 Å². The molecule has 0 atom stereocenters. The van der Waals surface area contributed by atoms with Gasteiger partial charge in [0.25, 0.3) is 5.56 Å². The minimum atomic E-state index is -0.0820. The van der Waals surface area contributed by atoms with E-state index < -0.39 is 0 Å². The van der Waals surface area contributed by atoms with Crippen LogP contribution in [0.1, 0.15) is 15.3 Å². The second-order valence-electron chi connectivity index (χ2n) is 5.71. The van der Waals surface area contributed by atoms with E-state index in [1.807, 2.05) is 31.4 Å². The van der Waals surface area contributed by atoms with Gasteiger partial charge in [-0.25, -0.2) is 4.98 Å². The second kappa shape index (κ2) is 8.20. The van der Waals surface area contributed by atoms with Crippen molar-refractivity contribution in [1.29, 1.82) is 0 Å². The van der Waals surface area contributed by atoms with Crippen molar-refractivity contribution in [3.8, 4) is 0 Å². The molecular weight excluding hydrogens is 386 g/mol. The molecule has 0 saturated carbocycles. The van der Waals surface area contributed by atoms with E-state index in [0.29, 0.717) is 23.6 Å². The maximum Gasteiger partial charge on any atom is 0.263 e. The molecule has 0 aromatic carbocycles. The summed E-state index contributed by atoms with van der Waals surface area (Å²) in [5.74, 6) is 0.130. The van der Waals surface area contributed by atoms with E-state index in [1.165, 1.54) is 23.1 Å². The van der Waals surface area contributed by atoms with Gasteiger partial charge >= 0.3 is 0 Å². The van der Waals surface area contributed by atoms with Crippen molar-refractivity contribution in [2.45, 2.75) is 32.1 Å². The lowest BCUT2D eigenvalue weighted by Gasteiger charge is -2.10. The number of thioether (sulfide) groups is 1. The zero-order valence-electron chi connectivity index (χ0n) is 14.6. The molecule has 0 bridgehead atoms. The maximum absolute atomic E-state index is 12.9. The molecule has 0 radical (unpaired) electrons. The third-order valence-electron chi connectivity index (χ3n) is 3.94. The van der Waals surface area contributed by atoms with E-state index in [2.05, 4.69) is 16.9 Å². The largest absolute Gasteiger partial charge is 0.350 e. The average Bonchev–Trinajstić information content (AvgIpc) is 3.23. The number of aryl methyl sites for hydroxylation is 2. The number of nitrogens with zero attached hydrogens (tertiary/aromatic N) is 2. The summed E-state index contributed by atoms with van der Waals surface area (Å²) in [4.78, 5) is 32.6. The normalized spacial score (nSPS) is 11.0. The topological polar surface area (TPSA) is 64.0 Å². The first kappa shape index (κ1) is 18.9. The highest BCUT2D eigenvalue weighted by molar-refractivity contribution is 7.99. The van der Waals surface area contributed by atoms with Gasteiger partial charge in [-0.1, -0.05) is 23.9 Å². The first-order valence-electron chi connectivity index (χ1n) is 8.04. The zero-order valence-corrected chi connectivity index (χ0v) is 17.0. The standard InChI is InChI=1S/C18H19N3O2S3/c1-4-7-21-17(23)15-11(2)12(3)26-16(15)20-18(21)25-10-14(22)19-9-13-6-5-8-24-13/h4-6,8H,1,7,9-10H2,2-3H3,(H,19,22). The van der Waals surface area contributed by atoms with Crippen LogP contribution < -0.4 is 10.9 Å². The number of hydrogen-bond donors (Lipinski definition) is 1. The molecule has 1 amide bonds. The molecule has 0 spiro atoms. The van der Waals surface area contributed by atoms with Crippen LogP contribution in [0.3, 0.4) is 0 Å². The maximum atomic E-state index is 12.9. The van der Waals surface area contributed by atoms with Crippen LogP contribution in [0.15, 0.2) is 40.1 Å². The molecule has 136 valence electrons. The molecule has 3 heterocycles. The average molecular weight is 406 g/mol. The molecule has 0 fully saturated rings. The molecule has 0 saturated heterocycles. The van der Waals surface area contributed by atoms with E-state index in [0.717, 1.165) is 20.1 Å². The number of carbonyl (C=O) groups excluding carboxylic acids is 1. The van der Waals surface area contributed by atoms with Gasteiger partial charge in [-0.05, 0) is 30.9 Å². The number of thiophene rings is 2. The molecule has 0 unspecified atom stereocenters. The molecule has 26 heavy (non-hydrogen) atoms. The smallest absolute Gasteiger partial charge is 0.263 e. The Kier molecular flexibility index (Phi) is 5.95. The van der Waals surface area contributed by atoms with Crippen LogP contribution in [-0.2, 0) is 17.9 Å². The van der Waals surface area contributed by atoms with E-state index in [-0.39, 0.29) is 17.2 Å². The second-order valence-corrected chi connectivity index (χ2v) is 8.88. The lowest BCUT2D eigenvalue weighted by Crippen LogP contribution is -2.26. The SMILES string of the molecule is C=CCn1c(SCC(=O)NCc2cccs2)nc2sc(C)c(C)c2c1=O. The lowest BCUT2D eigenvalue weighted by molar-refractivity contribution is -0.118. The third kappa shape index (κ3) is 3.92. The Morgan fingerprint density at radius 2 is 2.27 bits per heavy atom. The van der Waals surface area contributed by atoms with Gasteiger partial charge in [0.2, 0.25) is 5.91 Å². The van der Waals surface area contributed by atoms with Gasteiger partial charge in [-0.2, -0.15) is 0 Å². The van der Waals surface area contributed by atoms with Crippen LogP contribution in [0, 0.1) is 13.8 Å². The molecule has 3 rings (SSSR count). The van der Waals surface area contributed by atoms with Gasteiger partial charge in [-0.15, -0.1) is 29.3 Å². The van der Waals surface area contributed by atoms with Crippen molar-refractivity contribution >= 4 is 50.6 Å². The monoisotopic (exact) mass is 405 g/mol. The predicted molar refractivity (Wildman–Crippen MR) is 110 cm³/mol. The Morgan fingerprint density at radius 1 is 1.46 bits per heavy atom. The predicted octanol–water partition coefficient (Wildman–Crippen LogP) is 3.73. The van der Waals surface area contributed by atoms with E-state index in [4.69, 9.17) is 0 Å². The van der Waals surface area contributed by atoms with Crippen LogP contribution in [0.4, 0.5) is 0 Å². The van der Waals surface area contributed by atoms with Crippen LogP contribution in [0.2, 0.25) is 0 Å². The minimum Gasteiger partial charge on any atom is -0.350 e. The fraction of sp³-hybridized carbons (Fsp3) is 0.278. The van der Waals surface area contributed by atoms with Crippen LogP contribution in [-0.4, -0.2) is 21.2 Å². The summed E-state index contributed by atoms with van der Waals surface area (Å²) in [6.45, 7) is 8.55. The molecule has 0 aliphatic heterocycles. The summed E-state index contributed by atoms with van der Waals surface area (Å²) in [5, 5.41) is 6.09. The highest BCUT2D eigenvalue weighted by atomic mass is 32.2. The van der Waals surface area contributed by atoms with Crippen molar-refractivity contribution < 1.29 is 4.79 Å². The number of allylic oxidation sites excluding steroid dienone is 1. The fourth-order valence-corrected chi connectivity index (χ4v) is 5.04. The van der Waals surface area contributed by atoms with Crippen LogP contribution in [0.25, 0.3) is 10.2 Å². The van der Waals surface area contributed by atoms with Crippen molar-refractivity contribution in [1.82, 2.24) is 14.9 Å². The van der Waals surface area contributed by atoms with Crippen LogP contribution in [0.5, 0.6) is 0 Å². The van der Waals surface area contributed by atoms with Crippen molar-refractivity contribution in [2.24, 2.45) is 0 Å². The van der Waals surface area contributed by atoms with Gasteiger partial charge in [-0.3, -0.25) is 14.2 Å². The van der Waals surface area contributed by atoms with Gasteiger partial charge in [0.1, 0.15) is 4.83 Å². The van der Waals surface area contributed by atoms with E-state index >= 15 is 0 Å². The quantitative estimate of drug-likeness (QED) is 0.370. The number of aromatic nitrogens is 2. The Labute approximate surface area is 163 Å². The molecule has 3 aromatic heterocycles. The Morgan fingerprint density at radius 3 is 2.96 bits per heavy atom. The van der Waals surface area contributed by atoms with Gasteiger partial charge in [0.15, 0.2) is 5.16 Å². The van der Waals surface area contributed by atoms with Crippen molar-refractivity contribution in [3.05, 3.63) is 55.8 Å². The molecule has 5 nitrogen and oxygen atoms in total. The zero-order chi connectivity index (χ0) is 18.7. The molecule has 0 aliphatic rings. The molecule has 1 N–H and O–H groups in total. The summed E-state index contributed by atoms with van der Waals surface area (Å²) >= 11 is 4.40. The number of hydrogen-bond acceptors (Lipinski definition) is 6. The van der Waals surface area contributed by atoms with Gasteiger partial charge in [0, 0.05) is 16.3 Å². The van der Waals surface area contributed by atoms with Crippen molar-refractivity contribution in [2.75, 3.05) is 5.75 Å². The minimum absolute atomic E-state index is 0.0711. The fourth-order valence-electron chi connectivity index (χ4n) is 2.49. The number of nitrogens with one attached hydrogen (secondary N) is 1. The lowest BCUT2D eigenvalue weighted by atomic mass is 10.2. The molecule has 3 aromatic rings. The summed E-state index contributed by atoms with van der Waals surface area (Å²) < 4.78 is 1.59. The molecule has 0 aliphatic carbocycles. The first-order chi connectivity index (χ1) is 12.5. The highest BCUT2D eigenvalue weighted by Crippen LogP contribution is 2.28. The Balaban J connectivity index is 1.80. The van der Waals surface area contributed by atoms with Gasteiger partial charge < -0.3 is 5.32 Å². The number of amides is 1. The number of rotatable bonds is 7. The molecular formula is C18H19N3O2S3. The van der Waals surface area contributed by atoms with E-state index in [9.17, 15) is 9.59 Å². The van der Waals surface area contributed by atoms with Crippen LogP contribution >= 0.6 is 34.4 Å². The summed E-state index contributed by atoms with van der Waals surface area (Å²) in [6, 6.07) is 3.94. The first-order valence-corrected chi connectivity index (χ1v) is 10.7. The summed E-state index contributed by atoms with van der Waals surface area (Å²) in [5.41, 5.74) is 0.906. The number of fused-ring (bicyclic) bond motifs is 1. The van der Waals surface area contributed by atoms with Gasteiger partial charge in [0.05, 0.1) is 17.7 Å². The number of carbonyl (C=O) groups is 1. The Bertz CT molecular complexity index is 1000.